The zero-order chi connectivity index (χ0) is 42.2. The van der Waals surface area contributed by atoms with Gasteiger partial charge < -0.3 is 4.90 Å². The first-order valence-corrected chi connectivity index (χ1v) is 23.1. The number of benzene rings is 10. The Morgan fingerprint density at radius 3 is 1.75 bits per heavy atom. The standard InChI is InChI=1S/C63H47N/c1-2-15-44(16-3-1)49-19-6-7-20-51(49)53-21-8-9-22-54(53)57-24-11-13-27-61(57)64(62-28-14-25-52-50-18-5-4-17-45(50)32-38-58(52)62)48-35-30-43(31-36-48)46-33-37-56-55-23-10-12-26-59(55)63(60(56)40-46)41-42-29-34-47(63)39-42/h1-28,30-33,35-38,40,42,47H,29,34,39,41H2. The summed E-state index contributed by atoms with van der Waals surface area (Å²) in [5, 5.41) is 4.98. The summed E-state index contributed by atoms with van der Waals surface area (Å²) >= 11 is 0. The fraction of sp³-hybridized carbons (Fsp3) is 0.111. The lowest BCUT2D eigenvalue weighted by Crippen LogP contribution is -2.31. The topological polar surface area (TPSA) is 3.24 Å². The van der Waals surface area contributed by atoms with E-state index in [1.54, 1.807) is 11.1 Å². The molecule has 10 aromatic carbocycles. The molecule has 13 rings (SSSR count). The van der Waals surface area contributed by atoms with Crippen molar-refractivity contribution >= 4 is 38.6 Å². The third-order valence-electron chi connectivity index (χ3n) is 15.2. The van der Waals surface area contributed by atoms with Crippen molar-refractivity contribution in [3.05, 3.63) is 236 Å². The molecule has 3 aliphatic carbocycles. The largest absolute Gasteiger partial charge is 0.309 e. The summed E-state index contributed by atoms with van der Waals surface area (Å²) in [5.74, 6) is 1.58. The van der Waals surface area contributed by atoms with Gasteiger partial charge in [-0.1, -0.05) is 201 Å². The van der Waals surface area contributed by atoms with E-state index in [1.165, 1.54) is 103 Å². The highest BCUT2D eigenvalue weighted by Gasteiger charge is 2.56. The highest BCUT2D eigenvalue weighted by atomic mass is 15.1. The average Bonchev–Trinajstić information content (AvgIpc) is 4.07. The zero-order valence-corrected chi connectivity index (χ0v) is 35.8. The molecule has 0 radical (unpaired) electrons. The zero-order valence-electron chi connectivity index (χ0n) is 35.8. The van der Waals surface area contributed by atoms with Gasteiger partial charge in [-0.05, 0) is 139 Å². The quantitative estimate of drug-likeness (QED) is 0.145. The third kappa shape index (κ3) is 5.70. The molecule has 3 unspecified atom stereocenters. The smallest absolute Gasteiger partial charge is 0.0540 e. The molecule has 0 amide bonds. The van der Waals surface area contributed by atoms with Crippen molar-refractivity contribution in [2.45, 2.75) is 31.1 Å². The molecule has 2 saturated carbocycles. The van der Waals surface area contributed by atoms with E-state index in [4.69, 9.17) is 0 Å². The van der Waals surface area contributed by atoms with Gasteiger partial charge in [0.05, 0.1) is 11.4 Å². The Morgan fingerprint density at radius 1 is 0.359 bits per heavy atom. The van der Waals surface area contributed by atoms with E-state index in [2.05, 4.69) is 229 Å². The summed E-state index contributed by atoms with van der Waals surface area (Å²) in [7, 11) is 0. The summed E-state index contributed by atoms with van der Waals surface area (Å²) in [5.41, 5.74) is 19.4. The molecular weight excluding hydrogens is 771 g/mol. The van der Waals surface area contributed by atoms with Crippen LogP contribution < -0.4 is 4.90 Å². The van der Waals surface area contributed by atoms with Crippen molar-refractivity contribution in [3.8, 4) is 55.6 Å². The molecule has 0 heterocycles. The highest BCUT2D eigenvalue weighted by molar-refractivity contribution is 6.13. The summed E-state index contributed by atoms with van der Waals surface area (Å²) < 4.78 is 0. The first-order valence-electron chi connectivity index (χ1n) is 23.1. The Kier molecular flexibility index (Phi) is 8.59. The molecule has 304 valence electrons. The summed E-state index contributed by atoms with van der Waals surface area (Å²) in [6.45, 7) is 0. The molecule has 1 spiro atoms. The summed E-state index contributed by atoms with van der Waals surface area (Å²) in [4.78, 5) is 2.50. The van der Waals surface area contributed by atoms with Crippen molar-refractivity contribution < 1.29 is 0 Å². The van der Waals surface area contributed by atoms with E-state index >= 15 is 0 Å². The second-order valence-electron chi connectivity index (χ2n) is 18.4. The Hall–Kier alpha value is -7.48. The van der Waals surface area contributed by atoms with Crippen LogP contribution in [0.15, 0.2) is 224 Å². The van der Waals surface area contributed by atoms with Gasteiger partial charge in [0.25, 0.3) is 0 Å². The van der Waals surface area contributed by atoms with Crippen molar-refractivity contribution in [1.82, 2.24) is 0 Å². The van der Waals surface area contributed by atoms with Crippen LogP contribution in [0.1, 0.15) is 36.8 Å². The van der Waals surface area contributed by atoms with Gasteiger partial charge in [0, 0.05) is 22.1 Å². The van der Waals surface area contributed by atoms with Gasteiger partial charge in [0.15, 0.2) is 0 Å². The van der Waals surface area contributed by atoms with E-state index < -0.39 is 0 Å². The SMILES string of the molecule is c1ccc(-c2ccccc2-c2ccccc2-c2ccccc2N(c2ccc(-c3ccc4c(c3)C3(CC5CCC3C5)c3ccccc3-4)cc2)c2cccc3c2ccc2ccccc23)cc1. The van der Waals surface area contributed by atoms with Gasteiger partial charge in [-0.25, -0.2) is 0 Å². The maximum atomic E-state index is 2.57. The first kappa shape index (κ1) is 37.1. The van der Waals surface area contributed by atoms with Crippen molar-refractivity contribution in [3.63, 3.8) is 0 Å². The van der Waals surface area contributed by atoms with Gasteiger partial charge in [-0.2, -0.15) is 0 Å². The Labute approximate surface area is 375 Å². The van der Waals surface area contributed by atoms with Gasteiger partial charge >= 0.3 is 0 Å². The summed E-state index contributed by atoms with van der Waals surface area (Å²) in [6.07, 6.45) is 5.41. The number of hydrogen-bond acceptors (Lipinski definition) is 1. The molecule has 0 N–H and O–H groups in total. The predicted octanol–water partition coefficient (Wildman–Crippen LogP) is 17.2. The molecule has 1 nitrogen and oxygen atoms in total. The minimum absolute atomic E-state index is 0.155. The molecule has 3 aliphatic rings. The van der Waals surface area contributed by atoms with E-state index in [1.807, 2.05) is 0 Å². The Morgan fingerprint density at radius 2 is 0.969 bits per heavy atom. The number of hydrogen-bond donors (Lipinski definition) is 0. The second kappa shape index (κ2) is 14.8. The van der Waals surface area contributed by atoms with Gasteiger partial charge in [-0.15, -0.1) is 0 Å². The number of anilines is 3. The number of rotatable bonds is 7. The molecule has 0 aromatic heterocycles. The number of para-hydroxylation sites is 1. The van der Waals surface area contributed by atoms with Crippen molar-refractivity contribution in [1.29, 1.82) is 0 Å². The van der Waals surface area contributed by atoms with Crippen LogP contribution in [-0.4, -0.2) is 0 Å². The van der Waals surface area contributed by atoms with Crippen LogP contribution in [0.25, 0.3) is 77.2 Å². The molecule has 64 heavy (non-hydrogen) atoms. The third-order valence-corrected chi connectivity index (χ3v) is 15.2. The Bertz CT molecular complexity index is 3420. The van der Waals surface area contributed by atoms with Crippen LogP contribution >= 0.6 is 0 Å². The van der Waals surface area contributed by atoms with Crippen LogP contribution in [0.5, 0.6) is 0 Å². The molecule has 2 fully saturated rings. The van der Waals surface area contributed by atoms with Crippen LogP contribution in [-0.2, 0) is 5.41 Å². The molecule has 0 saturated heterocycles. The lowest BCUT2D eigenvalue weighted by molar-refractivity contribution is 0.327. The molecule has 1 heteroatoms. The maximum absolute atomic E-state index is 2.57. The van der Waals surface area contributed by atoms with Crippen molar-refractivity contribution in [2.75, 3.05) is 4.90 Å². The lowest BCUT2D eigenvalue weighted by atomic mass is 9.66. The van der Waals surface area contributed by atoms with E-state index in [-0.39, 0.29) is 5.41 Å². The lowest BCUT2D eigenvalue weighted by Gasteiger charge is -2.36. The van der Waals surface area contributed by atoms with Crippen LogP contribution in [0, 0.1) is 11.8 Å². The first-order chi connectivity index (χ1) is 31.7. The predicted molar refractivity (Wildman–Crippen MR) is 270 cm³/mol. The molecule has 0 aliphatic heterocycles. The average molecular weight is 818 g/mol. The Balaban J connectivity index is 0.976. The number of nitrogens with zero attached hydrogens (tertiary/aromatic N) is 1. The summed E-state index contributed by atoms with van der Waals surface area (Å²) in [6, 6.07) is 83.7. The van der Waals surface area contributed by atoms with E-state index in [0.717, 1.165) is 28.9 Å². The van der Waals surface area contributed by atoms with Gasteiger partial charge in [0.2, 0.25) is 0 Å². The molecule has 3 atom stereocenters. The minimum Gasteiger partial charge on any atom is -0.309 e. The monoisotopic (exact) mass is 817 g/mol. The van der Waals surface area contributed by atoms with E-state index in [9.17, 15) is 0 Å². The molecular formula is C63H47N. The van der Waals surface area contributed by atoms with Gasteiger partial charge in [0.1, 0.15) is 0 Å². The fourth-order valence-electron chi connectivity index (χ4n) is 12.4. The number of fused-ring (bicyclic) bond motifs is 11. The molecule has 10 aromatic rings. The van der Waals surface area contributed by atoms with Crippen LogP contribution in [0.3, 0.4) is 0 Å². The van der Waals surface area contributed by atoms with Crippen LogP contribution in [0.2, 0.25) is 0 Å². The maximum Gasteiger partial charge on any atom is 0.0540 e. The van der Waals surface area contributed by atoms with Crippen LogP contribution in [0.4, 0.5) is 17.1 Å². The minimum atomic E-state index is 0.155. The van der Waals surface area contributed by atoms with Gasteiger partial charge in [-0.3, -0.25) is 0 Å². The normalized spacial score (nSPS) is 18.1. The fourth-order valence-corrected chi connectivity index (χ4v) is 12.4. The van der Waals surface area contributed by atoms with E-state index in [0.29, 0.717) is 0 Å². The molecule has 2 bridgehead atoms. The van der Waals surface area contributed by atoms with Crippen molar-refractivity contribution in [2.24, 2.45) is 11.8 Å². The second-order valence-corrected chi connectivity index (χ2v) is 18.4. The highest BCUT2D eigenvalue weighted by Crippen LogP contribution is 2.66.